The number of rotatable bonds is 1. The lowest BCUT2D eigenvalue weighted by atomic mass is 10.4. The number of nitrogen functional groups attached to an aromatic ring is 1. The Bertz CT molecular complexity index is 504. The Morgan fingerprint density at radius 2 is 2.12 bits per heavy atom. The van der Waals surface area contributed by atoms with Crippen molar-refractivity contribution in [1.29, 1.82) is 0 Å². The van der Waals surface area contributed by atoms with Gasteiger partial charge in [-0.2, -0.15) is 9.97 Å². The lowest BCUT2D eigenvalue weighted by Crippen LogP contribution is -2.37. The molecular formula is C9H12N6O. The zero-order chi connectivity index (χ0) is 11.0. The van der Waals surface area contributed by atoms with Crippen LogP contribution in [0.2, 0.25) is 0 Å². The smallest absolute Gasteiger partial charge is 0.229 e. The van der Waals surface area contributed by atoms with Gasteiger partial charge in [0.15, 0.2) is 11.5 Å². The van der Waals surface area contributed by atoms with Gasteiger partial charge in [-0.15, -0.1) is 0 Å². The molecule has 0 radical (unpaired) electrons. The molecule has 0 aromatic carbocycles. The summed E-state index contributed by atoms with van der Waals surface area (Å²) in [4.78, 5) is 17.7. The molecule has 0 aliphatic carbocycles. The minimum absolute atomic E-state index is 0.434. The van der Waals surface area contributed by atoms with Gasteiger partial charge in [0.25, 0.3) is 0 Å². The molecule has 1 saturated heterocycles. The molecule has 16 heavy (non-hydrogen) atoms. The minimum Gasteiger partial charge on any atom is -0.382 e. The molecule has 2 aromatic heterocycles. The summed E-state index contributed by atoms with van der Waals surface area (Å²) in [7, 11) is 0. The van der Waals surface area contributed by atoms with Crippen molar-refractivity contribution in [3.63, 3.8) is 0 Å². The summed E-state index contributed by atoms with van der Waals surface area (Å²) in [6.07, 6.45) is 1.57. The minimum atomic E-state index is 0.434. The number of aromatic amines is 1. The first kappa shape index (κ1) is 9.34. The fraction of sp³-hybridized carbons (Fsp3) is 0.444. The molecule has 0 spiro atoms. The van der Waals surface area contributed by atoms with Crippen LogP contribution in [0, 0.1) is 0 Å². The van der Waals surface area contributed by atoms with Crippen LogP contribution in [0.5, 0.6) is 0 Å². The van der Waals surface area contributed by atoms with Gasteiger partial charge in [-0.25, -0.2) is 4.98 Å². The Kier molecular flexibility index (Phi) is 2.10. The maximum absolute atomic E-state index is 5.83. The highest BCUT2D eigenvalue weighted by Gasteiger charge is 2.16. The van der Waals surface area contributed by atoms with Crippen LogP contribution in [0.25, 0.3) is 11.2 Å². The van der Waals surface area contributed by atoms with E-state index in [0.29, 0.717) is 36.1 Å². The number of anilines is 2. The van der Waals surface area contributed by atoms with Crippen LogP contribution in [0.15, 0.2) is 6.33 Å². The largest absolute Gasteiger partial charge is 0.382 e. The number of hydrogen-bond donors (Lipinski definition) is 2. The van der Waals surface area contributed by atoms with Gasteiger partial charge in [-0.3, -0.25) is 0 Å². The number of aromatic nitrogens is 4. The first-order valence-electron chi connectivity index (χ1n) is 5.14. The van der Waals surface area contributed by atoms with Crippen LogP contribution in [0.1, 0.15) is 0 Å². The van der Waals surface area contributed by atoms with E-state index in [1.165, 1.54) is 0 Å². The van der Waals surface area contributed by atoms with Crippen LogP contribution in [0.4, 0.5) is 11.8 Å². The number of H-pyrrole nitrogens is 1. The van der Waals surface area contributed by atoms with Crippen molar-refractivity contribution in [2.24, 2.45) is 0 Å². The van der Waals surface area contributed by atoms with E-state index in [2.05, 4.69) is 19.9 Å². The van der Waals surface area contributed by atoms with Gasteiger partial charge in [0.05, 0.1) is 19.5 Å². The maximum atomic E-state index is 5.83. The van der Waals surface area contributed by atoms with Crippen molar-refractivity contribution in [1.82, 2.24) is 19.9 Å². The normalized spacial score (nSPS) is 16.9. The van der Waals surface area contributed by atoms with Crippen molar-refractivity contribution in [2.75, 3.05) is 36.9 Å². The third-order valence-corrected chi connectivity index (χ3v) is 2.60. The third-order valence-electron chi connectivity index (χ3n) is 2.60. The van der Waals surface area contributed by atoms with E-state index in [4.69, 9.17) is 10.5 Å². The molecule has 1 aliphatic heterocycles. The summed E-state index contributed by atoms with van der Waals surface area (Å²) in [6.45, 7) is 2.97. The summed E-state index contributed by atoms with van der Waals surface area (Å²) in [6, 6.07) is 0. The van der Waals surface area contributed by atoms with Crippen LogP contribution < -0.4 is 10.6 Å². The second kappa shape index (κ2) is 3.60. The summed E-state index contributed by atoms with van der Waals surface area (Å²) < 4.78 is 5.27. The summed E-state index contributed by atoms with van der Waals surface area (Å²) in [5, 5.41) is 0. The Labute approximate surface area is 91.6 Å². The van der Waals surface area contributed by atoms with Crippen LogP contribution >= 0.6 is 0 Å². The number of nitrogens with one attached hydrogen (secondary N) is 1. The Morgan fingerprint density at radius 1 is 1.31 bits per heavy atom. The van der Waals surface area contributed by atoms with E-state index in [1.54, 1.807) is 6.33 Å². The van der Waals surface area contributed by atoms with Crippen molar-refractivity contribution in [3.05, 3.63) is 6.33 Å². The van der Waals surface area contributed by atoms with E-state index in [9.17, 15) is 0 Å². The van der Waals surface area contributed by atoms with Crippen molar-refractivity contribution < 1.29 is 4.74 Å². The SMILES string of the molecule is Nc1nc(N2CCOCC2)nc2nc[nH]c12. The van der Waals surface area contributed by atoms with E-state index in [0.717, 1.165) is 13.1 Å². The standard InChI is InChI=1S/C9H12N6O/c10-7-6-8(12-5-11-6)14-9(13-7)15-1-3-16-4-2-15/h5H,1-4H2,(H3,10,11,12,13,14). The highest BCUT2D eigenvalue weighted by Crippen LogP contribution is 2.18. The molecule has 1 fully saturated rings. The molecule has 7 nitrogen and oxygen atoms in total. The lowest BCUT2D eigenvalue weighted by Gasteiger charge is -2.26. The second-order valence-corrected chi connectivity index (χ2v) is 3.61. The van der Waals surface area contributed by atoms with E-state index < -0.39 is 0 Å². The average Bonchev–Trinajstić information content (AvgIpc) is 2.79. The van der Waals surface area contributed by atoms with Crippen LogP contribution in [-0.2, 0) is 4.74 Å². The zero-order valence-corrected chi connectivity index (χ0v) is 8.68. The molecule has 0 atom stereocenters. The van der Waals surface area contributed by atoms with E-state index >= 15 is 0 Å². The molecule has 3 heterocycles. The summed E-state index contributed by atoms with van der Waals surface area (Å²) in [5.41, 5.74) is 7.13. The Morgan fingerprint density at radius 3 is 2.94 bits per heavy atom. The van der Waals surface area contributed by atoms with Gasteiger partial charge < -0.3 is 20.4 Å². The highest BCUT2D eigenvalue weighted by molar-refractivity contribution is 5.82. The van der Waals surface area contributed by atoms with Gasteiger partial charge in [0, 0.05) is 13.1 Å². The number of hydrogen-bond acceptors (Lipinski definition) is 6. The van der Waals surface area contributed by atoms with Crippen LogP contribution in [-0.4, -0.2) is 46.2 Å². The predicted octanol–water partition coefficient (Wildman–Crippen LogP) is -0.228. The molecule has 2 aromatic rings. The molecule has 84 valence electrons. The Balaban J connectivity index is 2.02. The highest BCUT2D eigenvalue weighted by atomic mass is 16.5. The van der Waals surface area contributed by atoms with Gasteiger partial charge in [0.1, 0.15) is 5.52 Å². The average molecular weight is 220 g/mol. The van der Waals surface area contributed by atoms with Crippen LogP contribution in [0.3, 0.4) is 0 Å². The summed E-state index contributed by atoms with van der Waals surface area (Å²) >= 11 is 0. The molecule has 1 aliphatic rings. The Hall–Kier alpha value is -1.89. The van der Waals surface area contributed by atoms with E-state index in [-0.39, 0.29) is 0 Å². The van der Waals surface area contributed by atoms with Crippen molar-refractivity contribution in [3.8, 4) is 0 Å². The number of imidazole rings is 1. The van der Waals surface area contributed by atoms with Gasteiger partial charge in [0.2, 0.25) is 5.95 Å². The molecule has 7 heteroatoms. The molecule has 0 amide bonds. The molecule has 3 rings (SSSR count). The number of fused-ring (bicyclic) bond motifs is 1. The molecule has 0 unspecified atom stereocenters. The van der Waals surface area contributed by atoms with Crippen molar-refractivity contribution >= 4 is 22.9 Å². The van der Waals surface area contributed by atoms with Gasteiger partial charge in [-0.1, -0.05) is 0 Å². The predicted molar refractivity (Wildman–Crippen MR) is 59.1 cm³/mol. The second-order valence-electron chi connectivity index (χ2n) is 3.61. The number of ether oxygens (including phenoxy) is 1. The summed E-state index contributed by atoms with van der Waals surface area (Å²) in [5.74, 6) is 1.06. The number of nitrogens with two attached hydrogens (primary N) is 1. The molecule has 0 bridgehead atoms. The number of nitrogens with zero attached hydrogens (tertiary/aromatic N) is 4. The van der Waals surface area contributed by atoms with Gasteiger partial charge >= 0.3 is 0 Å². The molecular weight excluding hydrogens is 208 g/mol. The molecule has 3 N–H and O–H groups in total. The van der Waals surface area contributed by atoms with Gasteiger partial charge in [-0.05, 0) is 0 Å². The van der Waals surface area contributed by atoms with Crippen molar-refractivity contribution in [2.45, 2.75) is 0 Å². The monoisotopic (exact) mass is 220 g/mol. The number of morpholine rings is 1. The third kappa shape index (κ3) is 1.45. The topological polar surface area (TPSA) is 92.9 Å². The first-order valence-corrected chi connectivity index (χ1v) is 5.14. The maximum Gasteiger partial charge on any atom is 0.229 e. The molecule has 0 saturated carbocycles. The fourth-order valence-electron chi connectivity index (χ4n) is 1.75. The fourth-order valence-corrected chi connectivity index (χ4v) is 1.75. The first-order chi connectivity index (χ1) is 7.84. The quantitative estimate of drug-likeness (QED) is 0.689. The van der Waals surface area contributed by atoms with E-state index in [1.807, 2.05) is 4.90 Å². The lowest BCUT2D eigenvalue weighted by molar-refractivity contribution is 0.122. The zero-order valence-electron chi connectivity index (χ0n) is 8.68.